The average Bonchev–Trinajstić information content (AvgIpc) is 2.70. The summed E-state index contributed by atoms with van der Waals surface area (Å²) in [6.07, 6.45) is 0.934. The van der Waals surface area contributed by atoms with Gasteiger partial charge in [0.25, 0.3) is 5.91 Å². The molecule has 0 radical (unpaired) electrons. The van der Waals surface area contributed by atoms with Crippen molar-refractivity contribution >= 4 is 21.8 Å². The van der Waals surface area contributed by atoms with Crippen molar-refractivity contribution in [1.82, 2.24) is 10.6 Å². The van der Waals surface area contributed by atoms with Crippen LogP contribution in [0.25, 0.3) is 0 Å². The van der Waals surface area contributed by atoms with Gasteiger partial charge in [-0.25, -0.2) is 0 Å². The summed E-state index contributed by atoms with van der Waals surface area (Å²) in [5, 5.41) is 15.7. The maximum atomic E-state index is 11.8. The van der Waals surface area contributed by atoms with E-state index < -0.39 is 0 Å². The van der Waals surface area contributed by atoms with Crippen LogP contribution in [0.1, 0.15) is 16.8 Å². The van der Waals surface area contributed by atoms with Gasteiger partial charge in [0.15, 0.2) is 0 Å². The van der Waals surface area contributed by atoms with Gasteiger partial charge < -0.3 is 15.7 Å². The molecule has 86 valence electrons. The number of aromatic hydroxyl groups is 1. The van der Waals surface area contributed by atoms with Crippen molar-refractivity contribution in [2.24, 2.45) is 0 Å². The van der Waals surface area contributed by atoms with Gasteiger partial charge in [0.1, 0.15) is 5.75 Å². The third-order valence-electron chi connectivity index (χ3n) is 2.60. The summed E-state index contributed by atoms with van der Waals surface area (Å²) in [5.74, 6) is -0.225. The van der Waals surface area contributed by atoms with Crippen molar-refractivity contribution in [3.63, 3.8) is 0 Å². The molecule has 1 aliphatic heterocycles. The summed E-state index contributed by atoms with van der Waals surface area (Å²) in [6, 6.07) is 5.02. The lowest BCUT2D eigenvalue weighted by Crippen LogP contribution is -2.36. The number of carbonyl (C=O) groups is 1. The first-order valence-corrected chi connectivity index (χ1v) is 5.96. The maximum absolute atomic E-state index is 11.8. The SMILES string of the molecule is O=C(NC1CCNC1)c1ccc(Br)cc1O. The maximum Gasteiger partial charge on any atom is 0.255 e. The molecular weight excluding hydrogens is 272 g/mol. The van der Waals surface area contributed by atoms with Crippen LogP contribution in [0, 0.1) is 0 Å². The van der Waals surface area contributed by atoms with Gasteiger partial charge in [0, 0.05) is 17.1 Å². The Kier molecular flexibility index (Phi) is 3.46. The molecule has 2 rings (SSSR count). The van der Waals surface area contributed by atoms with Crippen molar-refractivity contribution in [3.8, 4) is 5.75 Å². The highest BCUT2D eigenvalue weighted by molar-refractivity contribution is 9.10. The minimum absolute atomic E-state index is 0.00201. The molecule has 0 aromatic heterocycles. The number of amides is 1. The molecule has 0 aliphatic carbocycles. The normalized spacial score (nSPS) is 19.7. The third kappa shape index (κ3) is 2.54. The predicted octanol–water partition coefficient (Wildman–Crippen LogP) is 1.25. The van der Waals surface area contributed by atoms with E-state index in [1.165, 1.54) is 6.07 Å². The zero-order valence-electron chi connectivity index (χ0n) is 8.66. The summed E-state index contributed by atoms with van der Waals surface area (Å²) in [7, 11) is 0. The molecule has 1 amide bonds. The van der Waals surface area contributed by atoms with Gasteiger partial charge in [0.2, 0.25) is 0 Å². The van der Waals surface area contributed by atoms with Gasteiger partial charge in [-0.3, -0.25) is 4.79 Å². The number of halogens is 1. The van der Waals surface area contributed by atoms with E-state index in [1.54, 1.807) is 12.1 Å². The van der Waals surface area contributed by atoms with Crippen LogP contribution >= 0.6 is 15.9 Å². The number of phenols is 1. The Morgan fingerprint density at radius 2 is 2.38 bits per heavy atom. The van der Waals surface area contributed by atoms with Crippen LogP contribution in [0.4, 0.5) is 0 Å². The van der Waals surface area contributed by atoms with Gasteiger partial charge in [-0.1, -0.05) is 15.9 Å². The summed E-state index contributed by atoms with van der Waals surface area (Å²) in [4.78, 5) is 11.8. The van der Waals surface area contributed by atoms with E-state index in [-0.39, 0.29) is 17.7 Å². The smallest absolute Gasteiger partial charge is 0.255 e. The van der Waals surface area contributed by atoms with Crippen LogP contribution in [-0.4, -0.2) is 30.1 Å². The van der Waals surface area contributed by atoms with Gasteiger partial charge in [-0.15, -0.1) is 0 Å². The molecule has 0 bridgehead atoms. The summed E-state index contributed by atoms with van der Waals surface area (Å²) in [6.45, 7) is 1.72. The Bertz CT molecular complexity index is 403. The van der Waals surface area contributed by atoms with Gasteiger partial charge >= 0.3 is 0 Å². The minimum atomic E-state index is -0.223. The molecular formula is C11H13BrN2O2. The minimum Gasteiger partial charge on any atom is -0.507 e. The van der Waals surface area contributed by atoms with E-state index in [0.29, 0.717) is 5.56 Å². The summed E-state index contributed by atoms with van der Waals surface area (Å²) >= 11 is 3.23. The van der Waals surface area contributed by atoms with Gasteiger partial charge in [-0.2, -0.15) is 0 Å². The molecule has 1 atom stereocenters. The molecule has 1 fully saturated rings. The second-order valence-electron chi connectivity index (χ2n) is 3.82. The van der Waals surface area contributed by atoms with Gasteiger partial charge in [-0.05, 0) is 31.2 Å². The van der Waals surface area contributed by atoms with E-state index in [2.05, 4.69) is 26.6 Å². The lowest BCUT2D eigenvalue weighted by molar-refractivity contribution is 0.0937. The Morgan fingerprint density at radius 1 is 1.56 bits per heavy atom. The highest BCUT2D eigenvalue weighted by Gasteiger charge is 2.19. The molecule has 1 aliphatic rings. The van der Waals surface area contributed by atoms with E-state index >= 15 is 0 Å². The number of phenolic OH excluding ortho intramolecular Hbond substituents is 1. The van der Waals surface area contributed by atoms with E-state index in [4.69, 9.17) is 0 Å². The molecule has 5 heteroatoms. The molecule has 16 heavy (non-hydrogen) atoms. The van der Waals surface area contributed by atoms with Crippen LogP contribution in [-0.2, 0) is 0 Å². The quantitative estimate of drug-likeness (QED) is 0.766. The first-order chi connectivity index (χ1) is 7.66. The third-order valence-corrected chi connectivity index (χ3v) is 3.09. The number of benzene rings is 1. The number of carbonyl (C=O) groups excluding carboxylic acids is 1. The Hall–Kier alpha value is -1.07. The number of rotatable bonds is 2. The fraction of sp³-hybridized carbons (Fsp3) is 0.364. The largest absolute Gasteiger partial charge is 0.507 e. The Balaban J connectivity index is 2.08. The summed E-state index contributed by atoms with van der Waals surface area (Å²) < 4.78 is 0.754. The Morgan fingerprint density at radius 3 is 3.00 bits per heavy atom. The molecule has 0 saturated carbocycles. The first kappa shape index (κ1) is 11.4. The second-order valence-corrected chi connectivity index (χ2v) is 4.74. The van der Waals surface area contributed by atoms with E-state index in [9.17, 15) is 9.90 Å². The molecule has 3 N–H and O–H groups in total. The zero-order chi connectivity index (χ0) is 11.5. The van der Waals surface area contributed by atoms with E-state index in [1.807, 2.05) is 0 Å². The number of hydrogen-bond acceptors (Lipinski definition) is 3. The van der Waals surface area contributed by atoms with Gasteiger partial charge in [0.05, 0.1) is 5.56 Å². The van der Waals surface area contributed by atoms with Crippen LogP contribution in [0.15, 0.2) is 22.7 Å². The summed E-state index contributed by atoms with van der Waals surface area (Å²) in [5.41, 5.74) is 0.315. The monoisotopic (exact) mass is 284 g/mol. The molecule has 1 saturated heterocycles. The predicted molar refractivity (Wildman–Crippen MR) is 64.5 cm³/mol. The molecule has 1 aromatic rings. The van der Waals surface area contributed by atoms with Crippen LogP contribution in [0.2, 0.25) is 0 Å². The molecule has 1 aromatic carbocycles. The number of nitrogens with one attached hydrogen (secondary N) is 2. The molecule has 1 unspecified atom stereocenters. The fourth-order valence-corrected chi connectivity index (χ4v) is 2.09. The topological polar surface area (TPSA) is 61.4 Å². The lowest BCUT2D eigenvalue weighted by atomic mass is 10.1. The first-order valence-electron chi connectivity index (χ1n) is 5.17. The zero-order valence-corrected chi connectivity index (χ0v) is 10.3. The average molecular weight is 285 g/mol. The van der Waals surface area contributed by atoms with Crippen LogP contribution in [0.3, 0.4) is 0 Å². The molecule has 1 heterocycles. The highest BCUT2D eigenvalue weighted by atomic mass is 79.9. The highest BCUT2D eigenvalue weighted by Crippen LogP contribution is 2.22. The van der Waals surface area contributed by atoms with Crippen molar-refractivity contribution < 1.29 is 9.90 Å². The number of hydrogen-bond donors (Lipinski definition) is 3. The Labute approximate surface area is 102 Å². The lowest BCUT2D eigenvalue weighted by Gasteiger charge is -2.12. The van der Waals surface area contributed by atoms with E-state index in [0.717, 1.165) is 24.0 Å². The van der Waals surface area contributed by atoms with Crippen molar-refractivity contribution in [1.29, 1.82) is 0 Å². The van der Waals surface area contributed by atoms with Crippen molar-refractivity contribution in [2.75, 3.05) is 13.1 Å². The molecule has 4 nitrogen and oxygen atoms in total. The molecule has 0 spiro atoms. The fourth-order valence-electron chi connectivity index (χ4n) is 1.74. The van der Waals surface area contributed by atoms with Crippen LogP contribution < -0.4 is 10.6 Å². The standard InChI is InChI=1S/C11H13BrN2O2/c12-7-1-2-9(10(15)5-7)11(16)14-8-3-4-13-6-8/h1-2,5,8,13,15H,3-4,6H2,(H,14,16). The second kappa shape index (κ2) is 4.84. The van der Waals surface area contributed by atoms with Crippen molar-refractivity contribution in [2.45, 2.75) is 12.5 Å². The van der Waals surface area contributed by atoms with Crippen LogP contribution in [0.5, 0.6) is 5.75 Å². The van der Waals surface area contributed by atoms with Crippen molar-refractivity contribution in [3.05, 3.63) is 28.2 Å².